The average Bonchev–Trinajstić information content (AvgIpc) is 3.20. The summed E-state index contributed by atoms with van der Waals surface area (Å²) in [6, 6.07) is 53.2. The fraction of sp³-hybridized carbons (Fsp3) is 0.0667. The predicted octanol–water partition coefficient (Wildman–Crippen LogP) is 9.42. The molecule has 0 unspecified atom stereocenters. The van der Waals surface area contributed by atoms with Crippen LogP contribution in [0.2, 0.25) is 0 Å². The zero-order chi connectivity index (χ0) is 36.3. The van der Waals surface area contributed by atoms with Crippen LogP contribution < -0.4 is 0 Å². The molecule has 0 atom stereocenters. The number of rotatable bonds is 12. The zero-order valence-electron chi connectivity index (χ0n) is 28.2. The van der Waals surface area contributed by atoms with Crippen molar-refractivity contribution < 1.29 is 45.5 Å². The second-order valence-electron chi connectivity index (χ2n) is 11.3. The minimum atomic E-state index is -0.139. The van der Waals surface area contributed by atoms with Crippen molar-refractivity contribution in [1.82, 2.24) is 0 Å². The van der Waals surface area contributed by atoms with Crippen molar-refractivity contribution in [2.75, 3.05) is 0 Å². The van der Waals surface area contributed by atoms with Gasteiger partial charge in [-0.2, -0.15) is 0 Å². The normalized spacial score (nSPS) is 9.69. The van der Waals surface area contributed by atoms with Crippen molar-refractivity contribution in [1.29, 1.82) is 0 Å². The summed E-state index contributed by atoms with van der Waals surface area (Å²) in [5.41, 5.74) is 3.48. The Hall–Kier alpha value is -6.15. The van der Waals surface area contributed by atoms with Gasteiger partial charge in [-0.25, -0.2) is 0 Å². The molecule has 0 saturated heterocycles. The third kappa shape index (κ3) is 13.3. The first kappa shape index (κ1) is 40.3. The molecule has 52 heavy (non-hydrogen) atoms. The van der Waals surface area contributed by atoms with Gasteiger partial charge in [0.2, 0.25) is 0 Å². The van der Waals surface area contributed by atoms with Crippen LogP contribution in [0, 0.1) is 0 Å². The summed E-state index contributed by atoms with van der Waals surface area (Å²) in [4.78, 5) is 70.8. The quantitative estimate of drug-likeness (QED) is 0.0918. The van der Waals surface area contributed by atoms with E-state index in [1.54, 1.807) is 146 Å². The Morgan fingerprint density at radius 1 is 0.231 bits per heavy atom. The summed E-state index contributed by atoms with van der Waals surface area (Å²) >= 11 is 0. The first-order valence-electron chi connectivity index (χ1n) is 16.3. The standard InChI is InChI=1S/3C15H12O2.Co/c3*16-14(12-7-3-1-4-8-12)11-15(17)13-9-5-2-6-10-13;/h3*1-10H,11H2;/q;;;+3. The fourth-order valence-electron chi connectivity index (χ4n) is 4.79. The molecule has 0 fully saturated rings. The second-order valence-corrected chi connectivity index (χ2v) is 11.3. The van der Waals surface area contributed by atoms with E-state index >= 15 is 0 Å². The van der Waals surface area contributed by atoms with E-state index in [9.17, 15) is 28.8 Å². The van der Waals surface area contributed by atoms with Gasteiger partial charge in [0.05, 0.1) is 19.3 Å². The molecule has 7 heteroatoms. The van der Waals surface area contributed by atoms with Crippen LogP contribution in [-0.4, -0.2) is 34.7 Å². The summed E-state index contributed by atoms with van der Waals surface area (Å²) in [6.07, 6.45) is -0.226. The Labute approximate surface area is 313 Å². The maximum Gasteiger partial charge on any atom is 3.00 e. The van der Waals surface area contributed by atoms with Crippen molar-refractivity contribution >= 4 is 34.7 Å². The monoisotopic (exact) mass is 731 g/mol. The molecule has 0 radical (unpaired) electrons. The molecule has 0 aliphatic rings. The minimum Gasteiger partial charge on any atom is -0.294 e. The van der Waals surface area contributed by atoms with Crippen LogP contribution in [0.5, 0.6) is 0 Å². The topological polar surface area (TPSA) is 102 Å². The molecule has 0 aromatic heterocycles. The molecule has 0 heterocycles. The maximum absolute atomic E-state index is 11.8. The van der Waals surface area contributed by atoms with E-state index in [-0.39, 0.29) is 70.7 Å². The Morgan fingerprint density at radius 3 is 0.462 bits per heavy atom. The van der Waals surface area contributed by atoms with Crippen LogP contribution in [-0.2, 0) is 16.8 Å². The third-order valence-corrected chi connectivity index (χ3v) is 7.54. The Kier molecular flexibility index (Phi) is 16.9. The molecule has 0 aliphatic heterocycles. The molecule has 0 bridgehead atoms. The van der Waals surface area contributed by atoms with Crippen LogP contribution in [0.3, 0.4) is 0 Å². The largest absolute Gasteiger partial charge is 3.00 e. The molecular formula is C45H36CoO6+3. The number of Topliss-reactive ketones (excluding diaryl/α,β-unsaturated/α-hetero) is 6. The first-order valence-corrected chi connectivity index (χ1v) is 16.3. The molecule has 0 amide bonds. The van der Waals surface area contributed by atoms with Crippen molar-refractivity contribution in [3.63, 3.8) is 0 Å². The van der Waals surface area contributed by atoms with Crippen molar-refractivity contribution in [3.05, 3.63) is 215 Å². The number of hydrogen-bond acceptors (Lipinski definition) is 6. The van der Waals surface area contributed by atoms with Crippen LogP contribution in [0.15, 0.2) is 182 Å². The maximum atomic E-state index is 11.8. The van der Waals surface area contributed by atoms with E-state index < -0.39 is 0 Å². The number of ketones is 6. The zero-order valence-corrected chi connectivity index (χ0v) is 29.3. The van der Waals surface area contributed by atoms with Gasteiger partial charge >= 0.3 is 16.8 Å². The molecule has 0 spiro atoms. The van der Waals surface area contributed by atoms with Crippen molar-refractivity contribution in [2.24, 2.45) is 0 Å². The second kappa shape index (κ2) is 21.8. The van der Waals surface area contributed by atoms with Crippen molar-refractivity contribution in [3.8, 4) is 0 Å². The Balaban J connectivity index is 0.000000208. The number of hydrogen-bond donors (Lipinski definition) is 0. The summed E-state index contributed by atoms with van der Waals surface area (Å²) in [5, 5.41) is 0. The molecule has 0 saturated carbocycles. The van der Waals surface area contributed by atoms with Crippen molar-refractivity contribution in [2.45, 2.75) is 19.3 Å². The molecule has 0 aliphatic carbocycles. The first-order chi connectivity index (χ1) is 24.8. The van der Waals surface area contributed by atoms with E-state index in [4.69, 9.17) is 0 Å². The fourth-order valence-corrected chi connectivity index (χ4v) is 4.79. The van der Waals surface area contributed by atoms with Gasteiger partial charge in [0.1, 0.15) is 0 Å². The minimum absolute atomic E-state index is 0. The van der Waals surface area contributed by atoms with E-state index in [1.165, 1.54) is 0 Å². The number of benzene rings is 6. The molecule has 6 nitrogen and oxygen atoms in total. The van der Waals surface area contributed by atoms with Gasteiger partial charge in [0, 0.05) is 33.4 Å². The summed E-state index contributed by atoms with van der Waals surface area (Å²) < 4.78 is 0. The van der Waals surface area contributed by atoms with Crippen LogP contribution in [0.4, 0.5) is 0 Å². The third-order valence-electron chi connectivity index (χ3n) is 7.54. The molecular weight excluding hydrogens is 695 g/mol. The van der Waals surface area contributed by atoms with Gasteiger partial charge in [-0.15, -0.1) is 0 Å². The Bertz CT molecular complexity index is 1640. The summed E-state index contributed by atoms with van der Waals surface area (Å²) in [7, 11) is 0. The predicted molar refractivity (Wildman–Crippen MR) is 198 cm³/mol. The van der Waals surface area contributed by atoms with Crippen LogP contribution in [0.1, 0.15) is 81.4 Å². The molecule has 258 valence electrons. The number of carbonyl (C=O) groups is 6. The van der Waals surface area contributed by atoms with Gasteiger partial charge in [-0.05, 0) is 0 Å². The summed E-state index contributed by atoms with van der Waals surface area (Å²) in [5.74, 6) is -0.836. The molecule has 6 aromatic rings. The average molecular weight is 732 g/mol. The van der Waals surface area contributed by atoms with E-state index in [1.807, 2.05) is 36.4 Å². The van der Waals surface area contributed by atoms with Gasteiger partial charge in [-0.1, -0.05) is 182 Å². The number of carbonyl (C=O) groups excluding carboxylic acids is 6. The van der Waals surface area contributed by atoms with E-state index in [0.717, 1.165) is 0 Å². The van der Waals surface area contributed by atoms with Gasteiger partial charge < -0.3 is 0 Å². The van der Waals surface area contributed by atoms with E-state index in [2.05, 4.69) is 0 Å². The van der Waals surface area contributed by atoms with Gasteiger partial charge in [0.25, 0.3) is 0 Å². The van der Waals surface area contributed by atoms with Gasteiger partial charge in [0.15, 0.2) is 34.7 Å². The SMILES string of the molecule is O=C(CC(=O)c1ccccc1)c1ccccc1.O=C(CC(=O)c1ccccc1)c1ccccc1.O=C(CC(=O)c1ccccc1)c1ccccc1.[Co+3]. The molecule has 6 rings (SSSR count). The molecule has 0 N–H and O–H groups in total. The molecule has 6 aromatic carbocycles. The summed E-state index contributed by atoms with van der Waals surface area (Å²) in [6.45, 7) is 0. The smallest absolute Gasteiger partial charge is 0.294 e. The Morgan fingerprint density at radius 2 is 0.346 bits per heavy atom. The van der Waals surface area contributed by atoms with Gasteiger partial charge in [-0.3, -0.25) is 28.8 Å². The van der Waals surface area contributed by atoms with Crippen LogP contribution in [0.25, 0.3) is 0 Å². The van der Waals surface area contributed by atoms with Crippen LogP contribution >= 0.6 is 0 Å². The van der Waals surface area contributed by atoms with E-state index in [0.29, 0.717) is 33.4 Å².